The number of carbonyl (C=O) groups is 1. The maximum absolute atomic E-state index is 11.7. The molecule has 6 rings (SSSR count). The van der Waals surface area contributed by atoms with Gasteiger partial charge in [0.1, 0.15) is 11.3 Å². The van der Waals surface area contributed by atoms with Crippen molar-refractivity contribution >= 4 is 11.5 Å². The smallest absolute Gasteiger partial charge is 0.339 e. The van der Waals surface area contributed by atoms with Gasteiger partial charge in [-0.25, -0.2) is 4.79 Å². The van der Waals surface area contributed by atoms with Crippen molar-refractivity contribution in [1.29, 1.82) is 0 Å². The van der Waals surface area contributed by atoms with E-state index in [-0.39, 0.29) is 21.8 Å². The Bertz CT molecular complexity index is 1280. The van der Waals surface area contributed by atoms with Gasteiger partial charge < -0.3 is 14.9 Å². The highest BCUT2D eigenvalue weighted by Gasteiger charge is 2.65. The first kappa shape index (κ1) is 40.2. The van der Waals surface area contributed by atoms with Gasteiger partial charge >= 0.3 is 5.97 Å². The average molecular weight is 645 g/mol. The van der Waals surface area contributed by atoms with Gasteiger partial charge in [-0.3, -0.25) is 0 Å². The molecule has 4 nitrogen and oxygen atoms in total. The fourth-order valence-corrected chi connectivity index (χ4v) is 11.8. The standard InChI is InChI=1S/C34H48O4.C3H6.C2H6.2C2H2/c1-31(2)24(21-8-9-23(30(36)37)27(19-21)38-5)12-16-33(4)28(31)14-17-32(3)25-13-18-34(20-35)15-6-7-26(34)22(25)10-11-29(32)33;1-3-2;3*1-2/h8-9,12,19,22,25-26,28-29,35H,6-7,10-11,13-18,20H2,1-5H3,(H,36,37);3H,1H2,2H3;1-2H3;2*1-2H/t22-,25?,26?,28?,29?,32-,33-,34+;;;;/m0..../s1. The summed E-state index contributed by atoms with van der Waals surface area (Å²) in [7, 11) is 1.56. The van der Waals surface area contributed by atoms with Gasteiger partial charge in [0, 0.05) is 6.61 Å². The van der Waals surface area contributed by atoms with Crippen molar-refractivity contribution in [2.24, 2.45) is 51.2 Å². The molecule has 0 aromatic heterocycles. The molecule has 0 saturated heterocycles. The summed E-state index contributed by atoms with van der Waals surface area (Å²) in [5.74, 6) is 3.19. The van der Waals surface area contributed by atoms with Gasteiger partial charge in [-0.2, -0.15) is 0 Å². The van der Waals surface area contributed by atoms with Crippen LogP contribution in [0.2, 0.25) is 0 Å². The average Bonchev–Trinajstić information content (AvgIpc) is 3.52. The molecule has 0 amide bonds. The predicted octanol–water partition coefficient (Wildman–Crippen LogP) is 10.6. The maximum atomic E-state index is 11.7. The summed E-state index contributed by atoms with van der Waals surface area (Å²) in [5, 5.41) is 20.0. The Morgan fingerprint density at radius 2 is 1.57 bits per heavy atom. The van der Waals surface area contributed by atoms with E-state index in [0.29, 0.717) is 23.7 Å². The van der Waals surface area contributed by atoms with Crippen LogP contribution in [0.1, 0.15) is 129 Å². The van der Waals surface area contributed by atoms with E-state index in [1.807, 2.05) is 32.9 Å². The topological polar surface area (TPSA) is 66.8 Å². The SMILES string of the molecule is C#C.C#C.C=CC.CC.COc1cc(C2=CC[C@@]3(C)C(CC[C@@]4(C)C5CC[C@@]6(CO)CCCC6[C@H]5CCC43)C2(C)C)ccc1C(=O)O. The Balaban J connectivity index is 0.000000782. The lowest BCUT2D eigenvalue weighted by Crippen LogP contribution is -2.61. The first-order chi connectivity index (χ1) is 22.4. The van der Waals surface area contributed by atoms with Crippen LogP contribution in [0, 0.1) is 76.9 Å². The summed E-state index contributed by atoms with van der Waals surface area (Å²) in [6.45, 7) is 19.8. The Morgan fingerprint density at radius 1 is 0.936 bits per heavy atom. The molecule has 5 aliphatic rings. The molecule has 1 aromatic rings. The quantitative estimate of drug-likeness (QED) is 0.253. The zero-order valence-electron chi connectivity index (χ0n) is 30.8. The van der Waals surface area contributed by atoms with E-state index in [1.165, 1.54) is 63.4 Å². The second-order valence-electron chi connectivity index (χ2n) is 15.2. The number of benzene rings is 1. The second-order valence-corrected chi connectivity index (χ2v) is 15.2. The molecule has 0 heterocycles. The number of aromatic carboxylic acids is 1. The Labute approximate surface area is 287 Å². The summed E-state index contributed by atoms with van der Waals surface area (Å²) in [6.07, 6.45) is 33.1. The molecule has 4 saturated carbocycles. The molecule has 8 atom stereocenters. The summed E-state index contributed by atoms with van der Waals surface area (Å²) in [4.78, 5) is 11.7. The van der Waals surface area contributed by atoms with Crippen molar-refractivity contribution in [2.75, 3.05) is 13.7 Å². The Hall–Kier alpha value is -2.95. The normalized spacial score (nSPS) is 35.4. The van der Waals surface area contributed by atoms with Crippen molar-refractivity contribution in [2.45, 2.75) is 113 Å². The van der Waals surface area contributed by atoms with E-state index in [9.17, 15) is 15.0 Å². The maximum Gasteiger partial charge on any atom is 0.339 e. The molecule has 47 heavy (non-hydrogen) atoms. The molecule has 0 radical (unpaired) electrons. The monoisotopic (exact) mass is 644 g/mol. The van der Waals surface area contributed by atoms with Gasteiger partial charge in [-0.1, -0.05) is 66.2 Å². The Kier molecular flexibility index (Phi) is 14.1. The lowest BCUT2D eigenvalue weighted by molar-refractivity contribution is -0.181. The number of aliphatic hydroxyl groups excluding tert-OH is 1. The highest BCUT2D eigenvalue weighted by molar-refractivity contribution is 5.91. The van der Waals surface area contributed by atoms with Gasteiger partial charge in [0.2, 0.25) is 0 Å². The molecule has 4 fully saturated rings. The lowest BCUT2D eigenvalue weighted by atomic mass is 9.36. The number of carboxylic acids is 1. The summed E-state index contributed by atoms with van der Waals surface area (Å²) in [6, 6.07) is 5.63. The number of methoxy groups -OCH3 is 1. The van der Waals surface area contributed by atoms with Crippen LogP contribution in [0.15, 0.2) is 36.9 Å². The van der Waals surface area contributed by atoms with Crippen molar-refractivity contribution in [3.8, 4) is 31.4 Å². The largest absolute Gasteiger partial charge is 0.496 e. The summed E-state index contributed by atoms with van der Waals surface area (Å²) >= 11 is 0. The second kappa shape index (κ2) is 16.4. The Morgan fingerprint density at radius 3 is 2.15 bits per heavy atom. The molecular formula is C43H64O4. The number of carboxylic acid groups (broad SMARTS) is 1. The number of aliphatic hydroxyl groups is 1. The van der Waals surface area contributed by atoms with E-state index >= 15 is 0 Å². The number of ether oxygens (including phenoxy) is 1. The molecular weight excluding hydrogens is 580 g/mol. The van der Waals surface area contributed by atoms with Crippen molar-refractivity contribution in [3.63, 3.8) is 0 Å². The molecule has 0 aliphatic heterocycles. The molecule has 2 N–H and O–H groups in total. The van der Waals surface area contributed by atoms with Gasteiger partial charge in [-0.15, -0.1) is 32.3 Å². The molecule has 1 aromatic carbocycles. The minimum absolute atomic E-state index is 0.00495. The molecule has 0 bridgehead atoms. The zero-order valence-corrected chi connectivity index (χ0v) is 30.8. The van der Waals surface area contributed by atoms with Crippen molar-refractivity contribution in [1.82, 2.24) is 0 Å². The van der Waals surface area contributed by atoms with Crippen LogP contribution in [0.4, 0.5) is 0 Å². The number of fused-ring (bicyclic) bond motifs is 7. The number of rotatable bonds is 4. The van der Waals surface area contributed by atoms with Gasteiger partial charge in [0.25, 0.3) is 0 Å². The van der Waals surface area contributed by atoms with Gasteiger partial charge in [0.05, 0.1) is 7.11 Å². The fraction of sp³-hybridized carbons (Fsp3) is 0.651. The van der Waals surface area contributed by atoms with Crippen LogP contribution in [0.25, 0.3) is 5.57 Å². The van der Waals surface area contributed by atoms with Crippen molar-refractivity contribution < 1.29 is 19.7 Å². The number of hydrogen-bond acceptors (Lipinski definition) is 3. The summed E-state index contributed by atoms with van der Waals surface area (Å²) < 4.78 is 5.49. The zero-order chi connectivity index (χ0) is 35.8. The third-order valence-electron chi connectivity index (χ3n) is 13.3. The first-order valence-electron chi connectivity index (χ1n) is 17.9. The summed E-state index contributed by atoms with van der Waals surface area (Å²) in [5.41, 5.74) is 3.58. The van der Waals surface area contributed by atoms with E-state index < -0.39 is 5.97 Å². The molecule has 5 aliphatic carbocycles. The van der Waals surface area contributed by atoms with Crippen LogP contribution in [-0.2, 0) is 0 Å². The molecule has 4 heteroatoms. The van der Waals surface area contributed by atoms with Crippen LogP contribution in [0.5, 0.6) is 5.75 Å². The van der Waals surface area contributed by atoms with E-state index in [2.05, 4.69) is 66.0 Å². The molecule has 0 spiro atoms. The third-order valence-corrected chi connectivity index (χ3v) is 13.3. The van der Waals surface area contributed by atoms with E-state index in [4.69, 9.17) is 4.74 Å². The van der Waals surface area contributed by atoms with Crippen molar-refractivity contribution in [3.05, 3.63) is 48.1 Å². The van der Waals surface area contributed by atoms with Gasteiger partial charge in [0.15, 0.2) is 0 Å². The minimum atomic E-state index is -0.948. The highest BCUT2D eigenvalue weighted by Crippen LogP contribution is 2.73. The fourth-order valence-electron chi connectivity index (χ4n) is 11.8. The van der Waals surface area contributed by atoms with E-state index in [0.717, 1.165) is 35.7 Å². The molecule has 4 unspecified atom stereocenters. The number of terminal acetylenes is 2. The third kappa shape index (κ3) is 6.83. The van der Waals surface area contributed by atoms with Crippen LogP contribution < -0.4 is 4.74 Å². The van der Waals surface area contributed by atoms with Gasteiger partial charge in [-0.05, 0) is 139 Å². The number of allylic oxidation sites excluding steroid dienone is 3. The van der Waals surface area contributed by atoms with E-state index in [1.54, 1.807) is 19.3 Å². The van der Waals surface area contributed by atoms with Crippen LogP contribution >= 0.6 is 0 Å². The highest BCUT2D eigenvalue weighted by atomic mass is 16.5. The number of hydrogen-bond donors (Lipinski definition) is 2. The minimum Gasteiger partial charge on any atom is -0.496 e. The van der Waals surface area contributed by atoms with Crippen LogP contribution in [0.3, 0.4) is 0 Å². The lowest BCUT2D eigenvalue weighted by Gasteiger charge is -2.68. The molecule has 260 valence electrons. The van der Waals surface area contributed by atoms with Crippen LogP contribution in [-0.4, -0.2) is 29.9 Å². The predicted molar refractivity (Wildman–Crippen MR) is 198 cm³/mol. The first-order valence-corrected chi connectivity index (χ1v) is 17.9.